The summed E-state index contributed by atoms with van der Waals surface area (Å²) in [5.41, 5.74) is 1.16. The number of hydrogen-bond acceptors (Lipinski definition) is 15. The van der Waals surface area contributed by atoms with E-state index in [0.717, 1.165) is 0 Å². The Labute approximate surface area is 422 Å². The number of carbonyl (C=O) groups excluding carboxylic acids is 6. The van der Waals surface area contributed by atoms with Gasteiger partial charge in [-0.25, -0.2) is 14.4 Å². The van der Waals surface area contributed by atoms with Crippen LogP contribution < -0.4 is 45.5 Å². The van der Waals surface area contributed by atoms with Crippen LogP contribution in [-0.4, -0.2) is 152 Å². The van der Waals surface area contributed by atoms with Crippen LogP contribution in [0.2, 0.25) is 0 Å². The molecule has 2 fully saturated rings. The monoisotopic (exact) mass is 1020 g/mol. The number of rotatable bonds is 26. The molecule has 73 heavy (non-hydrogen) atoms. The summed E-state index contributed by atoms with van der Waals surface area (Å²) in [5.74, 6) is -1.44. The lowest BCUT2D eigenvalue weighted by Crippen LogP contribution is -2.53. The van der Waals surface area contributed by atoms with E-state index in [1.165, 1.54) is 61.3 Å². The number of anilines is 3. The molecular weight excluding hydrogens is 955 g/mol. The van der Waals surface area contributed by atoms with Crippen molar-refractivity contribution in [2.75, 3.05) is 76.3 Å². The molecule has 4 unspecified atom stereocenters. The molecule has 4 atom stereocenters. The van der Waals surface area contributed by atoms with E-state index in [1.54, 1.807) is 38.1 Å². The van der Waals surface area contributed by atoms with Gasteiger partial charge in [-0.05, 0) is 74.8 Å². The molecule has 2 heterocycles. The highest BCUT2D eigenvalue weighted by Gasteiger charge is 2.36. The fourth-order valence-electron chi connectivity index (χ4n) is 7.63. The Morgan fingerprint density at radius 1 is 0.685 bits per heavy atom. The lowest BCUT2D eigenvalue weighted by molar-refractivity contribution is -0.128. The molecule has 2 aliphatic heterocycles. The number of nitrogens with zero attached hydrogens (tertiary/aromatic N) is 2. The van der Waals surface area contributed by atoms with E-state index in [9.17, 15) is 48.9 Å². The van der Waals surface area contributed by atoms with E-state index < -0.39 is 60.0 Å². The molecule has 2 saturated heterocycles. The van der Waals surface area contributed by atoms with Crippen molar-refractivity contribution in [1.82, 2.24) is 20.4 Å². The predicted octanol–water partition coefficient (Wildman–Crippen LogP) is 4.96. The molecule has 0 aliphatic carbocycles. The molecule has 7 amide bonds. The molecule has 3 aromatic rings. The number of carboxylic acid groups (broad SMARTS) is 1. The highest BCUT2D eigenvalue weighted by atomic mass is 16.6. The van der Waals surface area contributed by atoms with Gasteiger partial charge in [0.2, 0.25) is 11.8 Å². The molecule has 2 aliphatic rings. The number of aliphatic hydroxyl groups excluding tert-OH is 2. The minimum absolute atomic E-state index is 0.0110. The zero-order valence-electron chi connectivity index (χ0n) is 41.5. The number of nitrogens with one attached hydrogen (secondary N) is 5. The number of alkyl carbamates (subject to hydrolysis) is 1. The van der Waals surface area contributed by atoms with E-state index in [2.05, 4.69) is 33.2 Å². The number of hydrogen-bond donors (Lipinski definition) is 8. The zero-order chi connectivity index (χ0) is 53.2. The summed E-state index contributed by atoms with van der Waals surface area (Å²) in [6.07, 6.45) is 1.25. The number of aliphatic hydroxyl groups is 2. The second-order valence-electron chi connectivity index (χ2n) is 17.4. The van der Waals surface area contributed by atoms with Crippen LogP contribution in [0.5, 0.6) is 23.0 Å². The van der Waals surface area contributed by atoms with E-state index in [4.69, 9.17) is 28.4 Å². The number of amides is 7. The van der Waals surface area contributed by atoms with Crippen LogP contribution in [0.15, 0.2) is 61.2 Å². The second-order valence-corrected chi connectivity index (χ2v) is 17.4. The van der Waals surface area contributed by atoms with Gasteiger partial charge in [0.15, 0.2) is 23.0 Å². The quantitative estimate of drug-likeness (QED) is 0.0389. The molecule has 0 bridgehead atoms. The van der Waals surface area contributed by atoms with Gasteiger partial charge in [-0.3, -0.25) is 29.8 Å². The van der Waals surface area contributed by atoms with Crippen LogP contribution >= 0.6 is 0 Å². The van der Waals surface area contributed by atoms with Crippen molar-refractivity contribution >= 4 is 59.0 Å². The van der Waals surface area contributed by atoms with Gasteiger partial charge in [0, 0.05) is 30.9 Å². The van der Waals surface area contributed by atoms with Gasteiger partial charge in [0.25, 0.3) is 11.8 Å². The van der Waals surface area contributed by atoms with Crippen LogP contribution in [0.3, 0.4) is 0 Å². The van der Waals surface area contributed by atoms with Gasteiger partial charge in [0.05, 0.1) is 75.2 Å². The Morgan fingerprint density at radius 2 is 1.22 bits per heavy atom. The number of unbranched alkanes of at least 4 members (excludes halogenated alkanes) is 2. The summed E-state index contributed by atoms with van der Waals surface area (Å²) >= 11 is 0. The normalized spacial score (nSPS) is 15.5. The first-order chi connectivity index (χ1) is 35.0. The minimum atomic E-state index is -1.37. The largest absolute Gasteiger partial charge is 0.493 e. The molecule has 0 saturated carbocycles. The third kappa shape index (κ3) is 15.4. The maximum atomic E-state index is 13.7. The van der Waals surface area contributed by atoms with Gasteiger partial charge in [-0.2, -0.15) is 0 Å². The molecule has 0 aromatic heterocycles. The first-order valence-electron chi connectivity index (χ1n) is 23.7. The summed E-state index contributed by atoms with van der Waals surface area (Å²) < 4.78 is 33.5. The summed E-state index contributed by atoms with van der Waals surface area (Å²) in [7, 11) is 2.81. The summed E-state index contributed by atoms with van der Waals surface area (Å²) in [6, 6.07) is 9.42. The second kappa shape index (κ2) is 27.1. The third-order valence-corrected chi connectivity index (χ3v) is 12.0. The molecule has 8 N–H and O–H groups in total. The van der Waals surface area contributed by atoms with Crippen molar-refractivity contribution in [3.05, 3.63) is 77.9 Å². The number of benzene rings is 3. The summed E-state index contributed by atoms with van der Waals surface area (Å²) in [4.78, 5) is 92.8. The Hall–Kier alpha value is -7.79. The minimum Gasteiger partial charge on any atom is -0.493 e. The Bertz CT molecular complexity index is 2450. The van der Waals surface area contributed by atoms with E-state index >= 15 is 0 Å². The lowest BCUT2D eigenvalue weighted by Gasteiger charge is -2.40. The number of ether oxygens (including phenoxy) is 6. The Kier molecular flexibility index (Phi) is 20.9. The van der Waals surface area contributed by atoms with Gasteiger partial charge in [-0.15, -0.1) is 0 Å². The number of likely N-dealkylation sites (tertiary alicyclic amines) is 2. The highest BCUT2D eigenvalue weighted by Crippen LogP contribution is 2.38. The molecular formula is C50H65N7O16. The van der Waals surface area contributed by atoms with Crippen molar-refractivity contribution in [2.24, 2.45) is 5.92 Å². The zero-order valence-corrected chi connectivity index (χ0v) is 41.5. The molecule has 396 valence electrons. The fourth-order valence-corrected chi connectivity index (χ4v) is 7.63. The van der Waals surface area contributed by atoms with E-state index in [1.807, 2.05) is 0 Å². The van der Waals surface area contributed by atoms with Gasteiger partial charge in [0.1, 0.15) is 25.3 Å². The van der Waals surface area contributed by atoms with Gasteiger partial charge in [-0.1, -0.05) is 38.6 Å². The van der Waals surface area contributed by atoms with Crippen molar-refractivity contribution in [1.29, 1.82) is 0 Å². The van der Waals surface area contributed by atoms with Gasteiger partial charge < -0.3 is 69.5 Å². The van der Waals surface area contributed by atoms with Crippen molar-refractivity contribution < 1.29 is 77.3 Å². The topological polar surface area (TPSA) is 302 Å². The van der Waals surface area contributed by atoms with Crippen LogP contribution in [-0.2, 0) is 25.7 Å². The van der Waals surface area contributed by atoms with Crippen molar-refractivity contribution in [3.8, 4) is 23.0 Å². The molecule has 3 aromatic carbocycles. The smallest absolute Gasteiger partial charge is 0.411 e. The number of methoxy groups -OCH3 is 2. The lowest BCUT2D eigenvalue weighted by atomic mass is 10.0. The average Bonchev–Trinajstić information content (AvgIpc) is 3.33. The van der Waals surface area contributed by atoms with Crippen LogP contribution in [0, 0.1) is 5.92 Å². The van der Waals surface area contributed by atoms with Crippen LogP contribution in [0.25, 0.3) is 0 Å². The van der Waals surface area contributed by atoms with Crippen molar-refractivity contribution in [3.63, 3.8) is 0 Å². The van der Waals surface area contributed by atoms with E-state index in [0.29, 0.717) is 56.4 Å². The predicted molar refractivity (Wildman–Crippen MR) is 265 cm³/mol. The molecule has 23 heteroatoms. The molecule has 23 nitrogen and oxygen atoms in total. The maximum Gasteiger partial charge on any atom is 0.411 e. The summed E-state index contributed by atoms with van der Waals surface area (Å²) in [6.45, 7) is 8.98. The first kappa shape index (κ1) is 56.1. The van der Waals surface area contributed by atoms with Crippen LogP contribution in [0.4, 0.5) is 31.4 Å². The fraction of sp³-hybridized carbons (Fsp3) is 0.460. The first-order valence-corrected chi connectivity index (χ1v) is 23.7. The Morgan fingerprint density at radius 3 is 1.67 bits per heavy atom. The maximum absolute atomic E-state index is 13.7. The van der Waals surface area contributed by atoms with Gasteiger partial charge >= 0.3 is 18.3 Å². The standard InChI is InChI=1S/C50H65N7O16/c1-7-19-72-50(67)55-43(29(2)3)45(61)51-30(4)44(60)52-32-13-11-31(12-14-32)28-73-49(66)54-38-25-42(40(69-6)23-36(38)47(63)57-18-16-34(57)27-59)71-21-10-8-9-20-70-41-24-37(53-48(64)65)35(22-39(41)68-5)46(62)56-17-15-33(56)26-58/h7,11-14,22-25,29-30,33-34,43,53,58-59H,1,8-10,15-21,26-28H2,2-6H3,(H,51,61)(H,52,60)(H,54,66)(H,55,67)(H,64,65). The highest BCUT2D eigenvalue weighted by molar-refractivity contribution is 6.05. The SMILES string of the molecule is C=CCOC(=O)NC(C(=O)NC(C)C(=O)Nc1ccc(COC(=O)Nc2cc(OCCCCCOc3cc(NC(=O)O)c(C(=O)N4CCC4CO)cc3OC)c(OC)cc2C(=O)N2CCC2CO)cc1)C(C)C. The van der Waals surface area contributed by atoms with Crippen LogP contribution in [0.1, 0.15) is 79.2 Å². The summed E-state index contributed by atoms with van der Waals surface area (Å²) in [5, 5.41) is 41.6. The molecule has 0 spiro atoms. The number of carbonyl (C=O) groups is 7. The Balaban J connectivity index is 1.16. The average molecular weight is 1020 g/mol. The van der Waals surface area contributed by atoms with E-state index in [-0.39, 0.29) is 97.1 Å². The molecule has 0 radical (unpaired) electrons. The van der Waals surface area contributed by atoms with Crippen molar-refractivity contribution in [2.45, 2.75) is 83.6 Å². The molecule has 5 rings (SSSR count). The third-order valence-electron chi connectivity index (χ3n) is 12.0.